The first kappa shape index (κ1) is 13.2. The van der Waals surface area contributed by atoms with Gasteiger partial charge in [-0.15, -0.1) is 0 Å². The van der Waals surface area contributed by atoms with E-state index in [9.17, 15) is 0 Å². The molecule has 1 aliphatic heterocycles. The molecule has 0 spiro atoms. The molecule has 0 amide bonds. The fourth-order valence-corrected chi connectivity index (χ4v) is 2.92. The number of rotatable bonds is 4. The van der Waals surface area contributed by atoms with Gasteiger partial charge in [-0.1, -0.05) is 35.5 Å². The Balaban J connectivity index is 1.50. The number of nitrogens with zero attached hydrogens (tertiary/aromatic N) is 3. The van der Waals surface area contributed by atoms with Crippen LogP contribution in [-0.4, -0.2) is 28.3 Å². The normalized spacial score (nSPS) is 21.3. The van der Waals surface area contributed by atoms with E-state index < -0.39 is 0 Å². The fourth-order valence-electron chi connectivity index (χ4n) is 2.92. The van der Waals surface area contributed by atoms with Gasteiger partial charge in [0.2, 0.25) is 0 Å². The molecule has 0 aliphatic carbocycles. The van der Waals surface area contributed by atoms with E-state index in [1.54, 1.807) is 6.20 Å². The van der Waals surface area contributed by atoms with E-state index in [4.69, 9.17) is 9.26 Å². The van der Waals surface area contributed by atoms with Crippen LogP contribution in [0.3, 0.4) is 0 Å². The van der Waals surface area contributed by atoms with Crippen molar-refractivity contribution < 1.29 is 9.26 Å². The highest BCUT2D eigenvalue weighted by Gasteiger charge is 2.29. The Morgan fingerprint density at radius 1 is 1.18 bits per heavy atom. The Morgan fingerprint density at radius 3 is 3.00 bits per heavy atom. The van der Waals surface area contributed by atoms with E-state index in [0.717, 1.165) is 30.8 Å². The molecule has 6 nitrogen and oxygen atoms in total. The van der Waals surface area contributed by atoms with E-state index in [-0.39, 0.29) is 6.10 Å². The highest BCUT2D eigenvalue weighted by Crippen LogP contribution is 2.34. The molecule has 112 valence electrons. The summed E-state index contributed by atoms with van der Waals surface area (Å²) in [5.74, 6) is 1.16. The second kappa shape index (κ2) is 5.73. The Kier molecular flexibility index (Phi) is 3.44. The Hall–Kier alpha value is -2.47. The first-order chi connectivity index (χ1) is 10.9. The van der Waals surface area contributed by atoms with Gasteiger partial charge in [-0.05, 0) is 12.0 Å². The first-order valence-corrected chi connectivity index (χ1v) is 7.37. The second-order valence-electron chi connectivity index (χ2n) is 5.40. The van der Waals surface area contributed by atoms with Gasteiger partial charge in [-0.3, -0.25) is 0 Å². The third-order valence-corrected chi connectivity index (χ3v) is 4.04. The zero-order valence-electron chi connectivity index (χ0n) is 12.0. The van der Waals surface area contributed by atoms with Crippen molar-refractivity contribution in [2.75, 3.05) is 18.5 Å². The Morgan fingerprint density at radius 2 is 2.09 bits per heavy atom. The lowest BCUT2D eigenvalue weighted by Gasteiger charge is -2.19. The number of nitrogens with one attached hydrogen (secondary N) is 1. The summed E-state index contributed by atoms with van der Waals surface area (Å²) in [6.07, 6.45) is 4.28. The number of fused-ring (bicyclic) bond motifs is 1. The second-order valence-corrected chi connectivity index (χ2v) is 5.40. The number of anilines is 1. The van der Waals surface area contributed by atoms with Crippen molar-refractivity contribution in [2.45, 2.75) is 12.5 Å². The molecule has 3 aromatic rings. The van der Waals surface area contributed by atoms with Gasteiger partial charge >= 0.3 is 0 Å². The van der Waals surface area contributed by atoms with Crippen LogP contribution >= 0.6 is 0 Å². The molecule has 1 N–H and O–H groups in total. The third-order valence-electron chi connectivity index (χ3n) is 4.04. The average molecular weight is 296 g/mol. The van der Waals surface area contributed by atoms with Gasteiger partial charge < -0.3 is 14.6 Å². The van der Waals surface area contributed by atoms with E-state index >= 15 is 0 Å². The van der Waals surface area contributed by atoms with E-state index in [0.29, 0.717) is 11.6 Å². The van der Waals surface area contributed by atoms with Crippen LogP contribution in [0.2, 0.25) is 0 Å². The number of aromatic nitrogens is 3. The Bertz CT molecular complexity index is 759. The standard InChI is InChI=1S/C16H16N4O2/c1-2-4-11(5-3-1)14-12(6-7-21-14)8-17-15-13-9-20-22-16(13)19-10-18-15/h1-5,9-10,12,14H,6-8H2,(H,17,18,19). The monoisotopic (exact) mass is 296 g/mol. The summed E-state index contributed by atoms with van der Waals surface area (Å²) in [6.45, 7) is 1.58. The summed E-state index contributed by atoms with van der Waals surface area (Å²) < 4.78 is 11.0. The maximum atomic E-state index is 5.91. The highest BCUT2D eigenvalue weighted by molar-refractivity contribution is 5.84. The molecule has 1 fully saturated rings. The van der Waals surface area contributed by atoms with Crippen molar-refractivity contribution in [1.82, 2.24) is 15.1 Å². The summed E-state index contributed by atoms with van der Waals surface area (Å²) in [4.78, 5) is 8.31. The van der Waals surface area contributed by atoms with Crippen LogP contribution in [0.1, 0.15) is 18.1 Å². The van der Waals surface area contributed by atoms with Crippen molar-refractivity contribution in [1.29, 1.82) is 0 Å². The van der Waals surface area contributed by atoms with Gasteiger partial charge in [-0.25, -0.2) is 4.98 Å². The SMILES string of the molecule is c1ccc(C2OCCC2CNc2ncnc3oncc23)cc1. The predicted octanol–water partition coefficient (Wildman–Crippen LogP) is 2.81. The molecule has 22 heavy (non-hydrogen) atoms. The van der Waals surface area contributed by atoms with Gasteiger partial charge in [0.15, 0.2) is 0 Å². The Labute approximate surface area is 127 Å². The minimum absolute atomic E-state index is 0.133. The molecular formula is C16H16N4O2. The average Bonchev–Trinajstić information content (AvgIpc) is 3.23. The lowest BCUT2D eigenvalue weighted by Crippen LogP contribution is -2.18. The quantitative estimate of drug-likeness (QED) is 0.798. The van der Waals surface area contributed by atoms with Crippen molar-refractivity contribution in [3.63, 3.8) is 0 Å². The number of ether oxygens (including phenoxy) is 1. The maximum absolute atomic E-state index is 5.91. The van der Waals surface area contributed by atoms with Gasteiger partial charge in [0.1, 0.15) is 17.5 Å². The van der Waals surface area contributed by atoms with Crippen LogP contribution in [0.15, 0.2) is 47.4 Å². The minimum atomic E-state index is 0.133. The summed E-state index contributed by atoms with van der Waals surface area (Å²) in [5.41, 5.74) is 1.73. The predicted molar refractivity (Wildman–Crippen MR) is 81.3 cm³/mol. The van der Waals surface area contributed by atoms with Gasteiger partial charge in [0, 0.05) is 19.1 Å². The molecule has 0 bridgehead atoms. The molecule has 2 aromatic heterocycles. The molecule has 0 saturated carbocycles. The summed E-state index contributed by atoms with van der Waals surface area (Å²) in [6, 6.07) is 10.4. The van der Waals surface area contributed by atoms with E-state index in [1.807, 2.05) is 18.2 Å². The molecule has 1 aromatic carbocycles. The van der Waals surface area contributed by atoms with Crippen LogP contribution < -0.4 is 5.32 Å². The molecule has 1 saturated heterocycles. The summed E-state index contributed by atoms with van der Waals surface area (Å²) >= 11 is 0. The van der Waals surface area contributed by atoms with Crippen molar-refractivity contribution in [2.24, 2.45) is 5.92 Å². The highest BCUT2D eigenvalue weighted by atomic mass is 16.5. The summed E-state index contributed by atoms with van der Waals surface area (Å²) in [7, 11) is 0. The fraction of sp³-hybridized carbons (Fsp3) is 0.312. The van der Waals surface area contributed by atoms with Gasteiger partial charge in [0.25, 0.3) is 5.71 Å². The van der Waals surface area contributed by atoms with Crippen LogP contribution in [0.4, 0.5) is 5.82 Å². The summed E-state index contributed by atoms with van der Waals surface area (Å²) in [5, 5.41) is 7.95. The van der Waals surface area contributed by atoms with E-state index in [2.05, 4.69) is 32.6 Å². The zero-order chi connectivity index (χ0) is 14.8. The van der Waals surface area contributed by atoms with Crippen LogP contribution in [-0.2, 0) is 4.74 Å². The van der Waals surface area contributed by atoms with Crippen LogP contribution in [0, 0.1) is 5.92 Å². The topological polar surface area (TPSA) is 73.1 Å². The molecule has 1 aliphatic rings. The third kappa shape index (κ3) is 2.42. The largest absolute Gasteiger partial charge is 0.373 e. The number of hydrogen-bond donors (Lipinski definition) is 1. The van der Waals surface area contributed by atoms with Crippen molar-refractivity contribution >= 4 is 16.9 Å². The molecule has 4 rings (SSSR count). The van der Waals surface area contributed by atoms with Crippen molar-refractivity contribution in [3.8, 4) is 0 Å². The smallest absolute Gasteiger partial charge is 0.262 e. The minimum Gasteiger partial charge on any atom is -0.373 e. The molecule has 2 unspecified atom stereocenters. The first-order valence-electron chi connectivity index (χ1n) is 7.37. The van der Waals surface area contributed by atoms with Crippen LogP contribution in [0.25, 0.3) is 11.1 Å². The van der Waals surface area contributed by atoms with Gasteiger partial charge in [-0.2, -0.15) is 4.98 Å². The molecule has 6 heteroatoms. The lowest BCUT2D eigenvalue weighted by atomic mass is 9.95. The lowest BCUT2D eigenvalue weighted by molar-refractivity contribution is 0.0933. The molecule has 3 heterocycles. The molecule has 2 atom stereocenters. The van der Waals surface area contributed by atoms with Gasteiger partial charge in [0.05, 0.1) is 12.3 Å². The molecule has 0 radical (unpaired) electrons. The van der Waals surface area contributed by atoms with Crippen molar-refractivity contribution in [3.05, 3.63) is 48.4 Å². The molecular weight excluding hydrogens is 280 g/mol. The van der Waals surface area contributed by atoms with Crippen LogP contribution in [0.5, 0.6) is 0 Å². The van der Waals surface area contributed by atoms with E-state index in [1.165, 1.54) is 11.9 Å². The zero-order valence-corrected chi connectivity index (χ0v) is 12.0. The number of benzene rings is 1. The number of hydrogen-bond acceptors (Lipinski definition) is 6. The maximum Gasteiger partial charge on any atom is 0.262 e.